The van der Waals surface area contributed by atoms with Crippen molar-refractivity contribution in [3.63, 3.8) is 0 Å². The fraction of sp³-hybridized carbons (Fsp3) is 0.375. The number of urea groups is 1. The lowest BCUT2D eigenvalue weighted by molar-refractivity contribution is -0.142. The highest BCUT2D eigenvalue weighted by atomic mass is 16.4. The monoisotopic (exact) mass is 288 g/mol. The van der Waals surface area contributed by atoms with Crippen LogP contribution in [0.25, 0.3) is 0 Å². The van der Waals surface area contributed by atoms with Crippen molar-refractivity contribution in [1.29, 1.82) is 0 Å². The van der Waals surface area contributed by atoms with Gasteiger partial charge in [-0.3, -0.25) is 4.79 Å². The number of rotatable bonds is 6. The summed E-state index contributed by atoms with van der Waals surface area (Å²) in [7, 11) is 0. The molecular weight excluding hydrogens is 268 g/mol. The number of nitrogens with one attached hydrogen (secondary N) is 2. The summed E-state index contributed by atoms with van der Waals surface area (Å²) in [6.07, 6.45) is 6.48. The molecule has 1 aromatic carbocycles. The summed E-state index contributed by atoms with van der Waals surface area (Å²) in [5.74, 6) is 1.61. The van der Waals surface area contributed by atoms with E-state index in [0.717, 1.165) is 6.42 Å². The molecule has 112 valence electrons. The van der Waals surface area contributed by atoms with Crippen molar-refractivity contribution in [3.05, 3.63) is 29.8 Å². The normalized spacial score (nSPS) is 10.5. The average molecular weight is 288 g/mol. The zero-order chi connectivity index (χ0) is 15.9. The number of carbonyl (C=O) groups is 2. The van der Waals surface area contributed by atoms with Crippen molar-refractivity contribution in [1.82, 2.24) is 5.32 Å². The first-order chi connectivity index (χ1) is 9.87. The van der Waals surface area contributed by atoms with E-state index in [2.05, 4.69) is 16.6 Å². The van der Waals surface area contributed by atoms with Gasteiger partial charge in [-0.1, -0.05) is 12.1 Å². The van der Waals surface area contributed by atoms with E-state index in [9.17, 15) is 9.59 Å². The first-order valence-electron chi connectivity index (χ1n) is 6.70. The number of unbranched alkanes of at least 4 members (excludes halogenated alkanes) is 1. The molecule has 0 aliphatic rings. The van der Waals surface area contributed by atoms with E-state index in [4.69, 9.17) is 11.5 Å². The summed E-state index contributed by atoms with van der Waals surface area (Å²) in [4.78, 5) is 22.8. The Morgan fingerprint density at radius 3 is 2.43 bits per heavy atom. The molecule has 0 radical (unpaired) electrons. The van der Waals surface area contributed by atoms with Gasteiger partial charge in [-0.2, -0.15) is 0 Å². The third kappa shape index (κ3) is 4.84. The lowest BCUT2D eigenvalue weighted by Gasteiger charge is -2.19. The number of hydrogen-bond acceptors (Lipinski definition) is 2. The summed E-state index contributed by atoms with van der Waals surface area (Å²) in [5.41, 5.74) is 0.320. The molecule has 0 saturated heterocycles. The Hall–Kier alpha value is -2.48. The van der Waals surface area contributed by atoms with Crippen LogP contribution in [-0.4, -0.2) is 23.7 Å². The number of carboxylic acids is 1. The molecule has 0 saturated carbocycles. The number of terminal acetylenes is 1. The molecule has 0 fully saturated rings. The zero-order valence-electron chi connectivity index (χ0n) is 12.3. The molecule has 0 aliphatic heterocycles. The van der Waals surface area contributed by atoms with Gasteiger partial charge in [0.05, 0.1) is 5.41 Å². The lowest BCUT2D eigenvalue weighted by Crippen LogP contribution is -2.30. The highest BCUT2D eigenvalue weighted by Crippen LogP contribution is 2.24. The van der Waals surface area contributed by atoms with Gasteiger partial charge < -0.3 is 15.7 Å². The van der Waals surface area contributed by atoms with Crippen LogP contribution in [0.3, 0.4) is 0 Å². The van der Waals surface area contributed by atoms with Crippen molar-refractivity contribution < 1.29 is 14.7 Å². The second kappa shape index (κ2) is 7.34. The van der Waals surface area contributed by atoms with E-state index in [1.165, 1.54) is 0 Å². The maximum Gasteiger partial charge on any atom is 0.319 e. The van der Waals surface area contributed by atoms with Crippen molar-refractivity contribution >= 4 is 17.7 Å². The SMILES string of the molecule is C#CCCCNC(=O)Nc1ccc(C(C)(C)C(=O)O)cc1. The topological polar surface area (TPSA) is 78.4 Å². The summed E-state index contributed by atoms with van der Waals surface area (Å²) in [6.45, 7) is 3.78. The van der Waals surface area contributed by atoms with Crippen LogP contribution < -0.4 is 10.6 Å². The van der Waals surface area contributed by atoms with Gasteiger partial charge in [0.15, 0.2) is 0 Å². The predicted molar refractivity (Wildman–Crippen MR) is 82.2 cm³/mol. The molecule has 0 atom stereocenters. The first-order valence-corrected chi connectivity index (χ1v) is 6.70. The van der Waals surface area contributed by atoms with Crippen LogP contribution in [0.1, 0.15) is 32.3 Å². The molecule has 21 heavy (non-hydrogen) atoms. The van der Waals surface area contributed by atoms with Gasteiger partial charge in [-0.25, -0.2) is 4.79 Å². The summed E-state index contributed by atoms with van der Waals surface area (Å²) >= 11 is 0. The quantitative estimate of drug-likeness (QED) is 0.556. The fourth-order valence-electron chi connectivity index (χ4n) is 1.66. The third-order valence-corrected chi connectivity index (χ3v) is 3.18. The molecule has 0 unspecified atom stereocenters. The highest BCUT2D eigenvalue weighted by Gasteiger charge is 2.29. The molecule has 5 heteroatoms. The zero-order valence-corrected chi connectivity index (χ0v) is 12.3. The fourth-order valence-corrected chi connectivity index (χ4v) is 1.66. The Balaban J connectivity index is 2.57. The van der Waals surface area contributed by atoms with Crippen LogP contribution in [0, 0.1) is 12.3 Å². The Kier molecular flexibility index (Phi) is 5.79. The average Bonchev–Trinajstić information content (AvgIpc) is 2.44. The number of benzene rings is 1. The van der Waals surface area contributed by atoms with Gasteiger partial charge in [-0.05, 0) is 38.0 Å². The largest absolute Gasteiger partial charge is 0.481 e. The standard InChI is InChI=1S/C16H20N2O3/c1-4-5-6-11-17-15(21)18-13-9-7-12(8-10-13)16(2,3)14(19)20/h1,7-10H,5-6,11H2,2-3H3,(H,19,20)(H2,17,18,21). The van der Waals surface area contributed by atoms with Gasteiger partial charge in [0, 0.05) is 18.7 Å². The van der Waals surface area contributed by atoms with Crippen LogP contribution in [0.4, 0.5) is 10.5 Å². The highest BCUT2D eigenvalue weighted by molar-refractivity contribution is 5.89. The molecule has 1 aromatic rings. The van der Waals surface area contributed by atoms with Gasteiger partial charge in [0.1, 0.15) is 0 Å². The maximum absolute atomic E-state index is 11.6. The minimum Gasteiger partial charge on any atom is -0.481 e. The smallest absolute Gasteiger partial charge is 0.319 e. The van der Waals surface area contributed by atoms with Crippen LogP contribution >= 0.6 is 0 Å². The van der Waals surface area contributed by atoms with Gasteiger partial charge >= 0.3 is 12.0 Å². The Labute approximate surface area is 124 Å². The summed E-state index contributed by atoms with van der Waals surface area (Å²) in [5, 5.41) is 14.5. The Bertz CT molecular complexity index is 542. The van der Waals surface area contributed by atoms with Gasteiger partial charge in [0.2, 0.25) is 0 Å². The molecule has 0 aliphatic carbocycles. The van der Waals surface area contributed by atoms with E-state index in [1.807, 2.05) is 0 Å². The molecule has 0 bridgehead atoms. The Morgan fingerprint density at radius 1 is 1.29 bits per heavy atom. The number of carbonyl (C=O) groups excluding carboxylic acids is 1. The minimum atomic E-state index is -0.962. The van der Waals surface area contributed by atoms with E-state index < -0.39 is 11.4 Å². The molecule has 0 aromatic heterocycles. The van der Waals surface area contributed by atoms with Crippen LogP contribution in [-0.2, 0) is 10.2 Å². The van der Waals surface area contributed by atoms with E-state index >= 15 is 0 Å². The molecule has 0 heterocycles. The number of amides is 2. The van der Waals surface area contributed by atoms with Gasteiger partial charge in [-0.15, -0.1) is 12.3 Å². The van der Waals surface area contributed by atoms with Crippen molar-refractivity contribution in [3.8, 4) is 12.3 Å². The van der Waals surface area contributed by atoms with Crippen LogP contribution in [0.5, 0.6) is 0 Å². The minimum absolute atomic E-state index is 0.308. The second-order valence-corrected chi connectivity index (χ2v) is 5.20. The van der Waals surface area contributed by atoms with Crippen molar-refractivity contribution in [2.45, 2.75) is 32.1 Å². The first kappa shape index (κ1) is 16.6. The molecular formula is C16H20N2O3. The predicted octanol–water partition coefficient (Wildman–Crippen LogP) is 2.58. The number of carboxylic acid groups (broad SMARTS) is 1. The molecule has 1 rings (SSSR count). The van der Waals surface area contributed by atoms with Crippen molar-refractivity contribution in [2.75, 3.05) is 11.9 Å². The van der Waals surface area contributed by atoms with Crippen LogP contribution in [0.15, 0.2) is 24.3 Å². The second-order valence-electron chi connectivity index (χ2n) is 5.20. The molecule has 5 nitrogen and oxygen atoms in total. The summed E-state index contributed by atoms with van der Waals surface area (Å²) < 4.78 is 0. The Morgan fingerprint density at radius 2 is 1.90 bits per heavy atom. The van der Waals surface area contributed by atoms with Gasteiger partial charge in [0.25, 0.3) is 0 Å². The molecule has 3 N–H and O–H groups in total. The van der Waals surface area contributed by atoms with E-state index in [-0.39, 0.29) is 6.03 Å². The molecule has 2 amide bonds. The van der Waals surface area contributed by atoms with E-state index in [1.54, 1.807) is 38.1 Å². The number of aliphatic carboxylic acids is 1. The molecule has 0 spiro atoms. The third-order valence-electron chi connectivity index (χ3n) is 3.18. The lowest BCUT2D eigenvalue weighted by atomic mass is 9.85. The number of hydrogen-bond donors (Lipinski definition) is 3. The van der Waals surface area contributed by atoms with Crippen molar-refractivity contribution in [2.24, 2.45) is 0 Å². The van der Waals surface area contributed by atoms with Crippen LogP contribution in [0.2, 0.25) is 0 Å². The van der Waals surface area contributed by atoms with E-state index in [0.29, 0.717) is 24.2 Å². The maximum atomic E-state index is 11.6. The summed E-state index contributed by atoms with van der Waals surface area (Å²) in [6, 6.07) is 6.45. The number of anilines is 1.